The van der Waals surface area contributed by atoms with Crippen molar-refractivity contribution in [2.45, 2.75) is 13.8 Å². The Morgan fingerprint density at radius 3 is 2.84 bits per heavy atom. The van der Waals surface area contributed by atoms with Crippen molar-refractivity contribution in [3.63, 3.8) is 0 Å². The second-order valence-electron chi connectivity index (χ2n) is 5.69. The molecule has 124 valence electrons. The summed E-state index contributed by atoms with van der Waals surface area (Å²) < 4.78 is 1.85. The zero-order valence-electron chi connectivity index (χ0n) is 13.7. The fourth-order valence-corrected chi connectivity index (χ4v) is 3.39. The molecule has 1 N–H and O–H groups in total. The number of benzene rings is 1. The molecule has 0 radical (unpaired) electrons. The Morgan fingerprint density at radius 2 is 2.08 bits per heavy atom. The molecule has 0 saturated heterocycles. The van der Waals surface area contributed by atoms with E-state index in [-0.39, 0.29) is 0 Å². The van der Waals surface area contributed by atoms with Gasteiger partial charge in [0.1, 0.15) is 5.71 Å². The van der Waals surface area contributed by atoms with E-state index in [1.54, 1.807) is 18.3 Å². The number of nitrogens with zero attached hydrogens (tertiary/aromatic N) is 5. The number of aryl methyl sites for hydroxylation is 1. The van der Waals surface area contributed by atoms with Gasteiger partial charge in [-0.3, -0.25) is 0 Å². The van der Waals surface area contributed by atoms with E-state index >= 15 is 0 Å². The van der Waals surface area contributed by atoms with Crippen LogP contribution in [0.4, 0.5) is 0 Å². The van der Waals surface area contributed by atoms with Crippen molar-refractivity contribution in [1.29, 1.82) is 0 Å². The smallest absolute Gasteiger partial charge is 0.211 e. The number of aromatic nitrogens is 4. The molecule has 1 aromatic carbocycles. The summed E-state index contributed by atoms with van der Waals surface area (Å²) in [5.74, 6) is 0. The second kappa shape index (κ2) is 6.10. The van der Waals surface area contributed by atoms with Gasteiger partial charge in [-0.25, -0.2) is 14.6 Å². The van der Waals surface area contributed by atoms with Gasteiger partial charge in [-0.1, -0.05) is 23.4 Å². The van der Waals surface area contributed by atoms with Crippen LogP contribution < -0.4 is 0 Å². The molecule has 3 aromatic heterocycles. The monoisotopic (exact) mass is 349 g/mol. The lowest BCUT2D eigenvalue weighted by molar-refractivity contribution is 0.319. The standard InChI is InChI=1S/C18H15N5OS/c1-11-10-25-18(20-11)23-17-8-13(6-7-14(17)9-19-23)16-5-3-4-15(21-16)12(2)22-24/h3-10,24H,1-2H3/b22-12+. The summed E-state index contributed by atoms with van der Waals surface area (Å²) in [6, 6.07) is 11.7. The summed E-state index contributed by atoms with van der Waals surface area (Å²) in [5.41, 5.74) is 4.86. The highest BCUT2D eigenvalue weighted by molar-refractivity contribution is 7.12. The highest BCUT2D eigenvalue weighted by Crippen LogP contribution is 2.26. The van der Waals surface area contributed by atoms with Gasteiger partial charge in [-0.2, -0.15) is 5.10 Å². The molecule has 0 saturated carbocycles. The van der Waals surface area contributed by atoms with Crippen LogP contribution in [0, 0.1) is 6.92 Å². The molecule has 0 aliphatic heterocycles. The van der Waals surface area contributed by atoms with E-state index in [9.17, 15) is 0 Å². The molecule has 4 rings (SSSR count). The molecule has 0 spiro atoms. The van der Waals surface area contributed by atoms with E-state index in [1.165, 1.54) is 0 Å². The van der Waals surface area contributed by atoms with E-state index in [0.717, 1.165) is 33.0 Å². The zero-order chi connectivity index (χ0) is 17.4. The van der Waals surface area contributed by atoms with E-state index < -0.39 is 0 Å². The fourth-order valence-electron chi connectivity index (χ4n) is 2.62. The average molecular weight is 349 g/mol. The Morgan fingerprint density at radius 1 is 1.20 bits per heavy atom. The first kappa shape index (κ1) is 15.5. The Hall–Kier alpha value is -3.06. The molecule has 0 amide bonds. The number of hydrogen-bond donors (Lipinski definition) is 1. The maximum atomic E-state index is 8.96. The first-order valence-corrected chi connectivity index (χ1v) is 8.60. The predicted octanol–water partition coefficient (Wildman–Crippen LogP) is 4.05. The van der Waals surface area contributed by atoms with Crippen molar-refractivity contribution in [3.05, 3.63) is 59.4 Å². The maximum absolute atomic E-state index is 8.96. The fraction of sp³-hybridized carbons (Fsp3) is 0.111. The summed E-state index contributed by atoms with van der Waals surface area (Å²) in [6.45, 7) is 3.69. The highest BCUT2D eigenvalue weighted by Gasteiger charge is 2.11. The molecular weight excluding hydrogens is 334 g/mol. The third-order valence-corrected chi connectivity index (χ3v) is 4.86. The number of fused-ring (bicyclic) bond motifs is 1. The van der Waals surface area contributed by atoms with Gasteiger partial charge in [0.25, 0.3) is 0 Å². The van der Waals surface area contributed by atoms with Crippen molar-refractivity contribution in [2.24, 2.45) is 5.16 Å². The van der Waals surface area contributed by atoms with Crippen LogP contribution in [0.2, 0.25) is 0 Å². The molecule has 4 aromatic rings. The SMILES string of the molecule is C/C(=N\O)c1cccc(-c2ccc3cnn(-c4nc(C)cs4)c3c2)n1. The van der Waals surface area contributed by atoms with Crippen molar-refractivity contribution < 1.29 is 5.21 Å². The summed E-state index contributed by atoms with van der Waals surface area (Å²) >= 11 is 1.56. The Kier molecular flexibility index (Phi) is 3.77. The number of thiazole rings is 1. The van der Waals surface area contributed by atoms with Crippen molar-refractivity contribution >= 4 is 28.0 Å². The van der Waals surface area contributed by atoms with Gasteiger partial charge in [0.05, 0.1) is 28.8 Å². The third-order valence-electron chi connectivity index (χ3n) is 3.92. The Balaban J connectivity index is 1.84. The van der Waals surface area contributed by atoms with Crippen molar-refractivity contribution in [3.8, 4) is 16.4 Å². The Labute approximate surface area is 148 Å². The van der Waals surface area contributed by atoms with Gasteiger partial charge >= 0.3 is 0 Å². The summed E-state index contributed by atoms with van der Waals surface area (Å²) in [4.78, 5) is 9.09. The highest BCUT2D eigenvalue weighted by atomic mass is 32.1. The van der Waals surface area contributed by atoms with Gasteiger partial charge in [-0.15, -0.1) is 11.3 Å². The lowest BCUT2D eigenvalue weighted by atomic mass is 10.1. The first-order chi connectivity index (χ1) is 12.2. The number of oxime groups is 1. The third kappa shape index (κ3) is 2.78. The van der Waals surface area contributed by atoms with Crippen LogP contribution in [-0.2, 0) is 0 Å². The maximum Gasteiger partial charge on any atom is 0.211 e. The molecule has 7 heteroatoms. The molecule has 0 fully saturated rings. The van der Waals surface area contributed by atoms with Crippen LogP contribution in [0.3, 0.4) is 0 Å². The lowest BCUT2D eigenvalue weighted by Gasteiger charge is -2.05. The predicted molar refractivity (Wildman–Crippen MR) is 98.7 cm³/mol. The lowest BCUT2D eigenvalue weighted by Crippen LogP contribution is -1.99. The summed E-state index contributed by atoms with van der Waals surface area (Å²) in [5, 5.41) is 20.5. The van der Waals surface area contributed by atoms with Crippen molar-refractivity contribution in [1.82, 2.24) is 19.7 Å². The Bertz CT molecular complexity index is 1100. The molecule has 0 unspecified atom stereocenters. The van der Waals surface area contributed by atoms with Crippen molar-refractivity contribution in [2.75, 3.05) is 0 Å². The topological polar surface area (TPSA) is 76.2 Å². The minimum Gasteiger partial charge on any atom is -0.411 e. The molecule has 25 heavy (non-hydrogen) atoms. The molecule has 3 heterocycles. The molecule has 0 aliphatic carbocycles. The molecule has 0 atom stereocenters. The van der Waals surface area contributed by atoms with Crippen LogP contribution in [0.15, 0.2) is 53.1 Å². The number of pyridine rings is 1. The molecule has 6 nitrogen and oxygen atoms in total. The van der Waals surface area contributed by atoms with Crippen LogP contribution in [0.1, 0.15) is 18.3 Å². The van der Waals surface area contributed by atoms with E-state index in [1.807, 2.05) is 53.5 Å². The molecular formula is C18H15N5OS. The van der Waals surface area contributed by atoms with Crippen LogP contribution in [0.25, 0.3) is 27.3 Å². The normalized spacial score (nSPS) is 12.0. The minimum absolute atomic E-state index is 0.478. The van der Waals surface area contributed by atoms with Gasteiger partial charge in [0, 0.05) is 16.3 Å². The first-order valence-electron chi connectivity index (χ1n) is 7.72. The van der Waals surface area contributed by atoms with E-state index in [0.29, 0.717) is 11.4 Å². The number of rotatable bonds is 3. The molecule has 0 aliphatic rings. The molecule has 0 bridgehead atoms. The minimum atomic E-state index is 0.478. The largest absolute Gasteiger partial charge is 0.411 e. The average Bonchev–Trinajstić information content (AvgIpc) is 3.26. The van der Waals surface area contributed by atoms with E-state index in [4.69, 9.17) is 5.21 Å². The van der Waals surface area contributed by atoms with Crippen LogP contribution in [-0.4, -0.2) is 30.7 Å². The summed E-state index contributed by atoms with van der Waals surface area (Å²) in [6.07, 6.45) is 1.84. The summed E-state index contributed by atoms with van der Waals surface area (Å²) in [7, 11) is 0. The number of hydrogen-bond acceptors (Lipinski definition) is 6. The quantitative estimate of drug-likeness (QED) is 0.344. The second-order valence-corrected chi connectivity index (χ2v) is 6.53. The van der Waals surface area contributed by atoms with Gasteiger partial charge in [0.15, 0.2) is 0 Å². The zero-order valence-corrected chi connectivity index (χ0v) is 14.5. The van der Waals surface area contributed by atoms with E-state index in [2.05, 4.69) is 26.3 Å². The van der Waals surface area contributed by atoms with Gasteiger partial charge < -0.3 is 5.21 Å². The van der Waals surface area contributed by atoms with Crippen LogP contribution >= 0.6 is 11.3 Å². The van der Waals surface area contributed by atoms with Gasteiger partial charge in [0.2, 0.25) is 5.13 Å². The van der Waals surface area contributed by atoms with Gasteiger partial charge in [-0.05, 0) is 32.0 Å². The van der Waals surface area contributed by atoms with Crippen LogP contribution in [0.5, 0.6) is 0 Å².